The lowest BCUT2D eigenvalue weighted by Gasteiger charge is -2.22. The van der Waals surface area contributed by atoms with Crippen molar-refractivity contribution < 1.29 is 27.1 Å². The molecule has 0 saturated carbocycles. The lowest BCUT2D eigenvalue weighted by molar-refractivity contribution is -0.122. The minimum atomic E-state index is -3.98. The molecule has 0 spiro atoms. The number of para-hydroxylation sites is 1. The summed E-state index contributed by atoms with van der Waals surface area (Å²) in [5, 5.41) is 3.21. The summed E-state index contributed by atoms with van der Waals surface area (Å²) in [7, 11) is -3.98. The molecule has 0 radical (unpaired) electrons. The molecule has 3 aromatic rings. The number of sulfonamides is 1. The van der Waals surface area contributed by atoms with Gasteiger partial charge in [0.15, 0.2) is 0 Å². The van der Waals surface area contributed by atoms with Gasteiger partial charge in [-0.1, -0.05) is 30.3 Å². The Balaban J connectivity index is 1.29. The van der Waals surface area contributed by atoms with Crippen LogP contribution >= 0.6 is 0 Å². The Hall–Kier alpha value is -2.88. The maximum Gasteiger partial charge on any atom is 0.274 e. The topological polar surface area (TPSA) is 107 Å². The molecule has 33 heavy (non-hydrogen) atoms. The van der Waals surface area contributed by atoms with Gasteiger partial charge in [-0.2, -0.15) is 4.72 Å². The van der Waals surface area contributed by atoms with Crippen LogP contribution in [0.3, 0.4) is 0 Å². The predicted molar refractivity (Wildman–Crippen MR) is 123 cm³/mol. The molecule has 1 amide bonds. The third-order valence-electron chi connectivity index (χ3n) is 5.58. The highest BCUT2D eigenvalue weighted by Crippen LogP contribution is 2.22. The zero-order valence-corrected chi connectivity index (χ0v) is 19.3. The van der Waals surface area contributed by atoms with E-state index in [-0.39, 0.29) is 11.6 Å². The number of benzene rings is 2. The van der Waals surface area contributed by atoms with Crippen LogP contribution in [0.4, 0.5) is 0 Å². The van der Waals surface area contributed by atoms with Gasteiger partial charge in [0.2, 0.25) is 11.0 Å². The van der Waals surface area contributed by atoms with Crippen LogP contribution in [0.5, 0.6) is 5.75 Å². The van der Waals surface area contributed by atoms with Crippen molar-refractivity contribution in [2.45, 2.75) is 37.4 Å². The number of hydrogen-bond acceptors (Lipinski definition) is 6. The van der Waals surface area contributed by atoms with Gasteiger partial charge in [0.05, 0.1) is 12.6 Å². The second kappa shape index (κ2) is 10.4. The first-order valence-electron chi connectivity index (χ1n) is 11.0. The number of furan rings is 1. The molecule has 4 rings (SSSR count). The second-order valence-electron chi connectivity index (χ2n) is 8.18. The van der Waals surface area contributed by atoms with E-state index in [9.17, 15) is 13.2 Å². The fourth-order valence-corrected chi connectivity index (χ4v) is 4.82. The number of carbonyl (C=O) groups is 1. The van der Waals surface area contributed by atoms with Gasteiger partial charge in [0.1, 0.15) is 11.3 Å². The van der Waals surface area contributed by atoms with Gasteiger partial charge in [-0.25, -0.2) is 8.42 Å². The zero-order valence-electron chi connectivity index (χ0n) is 18.5. The molecule has 2 N–H and O–H groups in total. The summed E-state index contributed by atoms with van der Waals surface area (Å²) in [6.45, 7) is 3.93. The lowest BCUT2D eigenvalue weighted by atomic mass is 10.0. The van der Waals surface area contributed by atoms with E-state index in [2.05, 4.69) is 10.0 Å². The summed E-state index contributed by atoms with van der Waals surface area (Å²) < 4.78 is 44.3. The molecule has 9 heteroatoms. The van der Waals surface area contributed by atoms with E-state index >= 15 is 0 Å². The molecule has 1 aliphatic rings. The van der Waals surface area contributed by atoms with Gasteiger partial charge in [-0.05, 0) is 49.4 Å². The van der Waals surface area contributed by atoms with E-state index in [1.807, 2.05) is 24.3 Å². The van der Waals surface area contributed by atoms with Crippen LogP contribution in [0.25, 0.3) is 11.0 Å². The molecular weight excluding hydrogens is 444 g/mol. The second-order valence-corrected chi connectivity index (χ2v) is 9.82. The third-order valence-corrected chi connectivity index (χ3v) is 6.98. The van der Waals surface area contributed by atoms with E-state index in [4.69, 9.17) is 13.9 Å². The summed E-state index contributed by atoms with van der Waals surface area (Å²) in [5.41, 5.74) is 1.33. The van der Waals surface area contributed by atoms with Gasteiger partial charge in [0.25, 0.3) is 10.0 Å². The quantitative estimate of drug-likeness (QED) is 0.495. The van der Waals surface area contributed by atoms with Crippen molar-refractivity contribution in [1.29, 1.82) is 0 Å². The number of carbonyl (C=O) groups excluding carboxylic acids is 1. The maximum absolute atomic E-state index is 12.6. The lowest BCUT2D eigenvalue weighted by Crippen LogP contribution is -2.44. The fourth-order valence-electron chi connectivity index (χ4n) is 3.65. The van der Waals surface area contributed by atoms with Crippen LogP contribution < -0.4 is 14.8 Å². The van der Waals surface area contributed by atoms with Crippen LogP contribution in [0.1, 0.15) is 25.3 Å². The van der Waals surface area contributed by atoms with Crippen molar-refractivity contribution in [2.24, 2.45) is 5.92 Å². The van der Waals surface area contributed by atoms with Gasteiger partial charge in [-0.3, -0.25) is 4.79 Å². The van der Waals surface area contributed by atoms with Crippen LogP contribution in [0, 0.1) is 5.92 Å². The zero-order chi connectivity index (χ0) is 23.3. The molecule has 1 saturated heterocycles. The normalized spacial score (nSPS) is 15.9. The number of ether oxygens (including phenoxy) is 2. The van der Waals surface area contributed by atoms with E-state index in [1.54, 1.807) is 24.3 Å². The van der Waals surface area contributed by atoms with Gasteiger partial charge in [0, 0.05) is 31.2 Å². The number of rotatable bonds is 9. The van der Waals surface area contributed by atoms with Crippen LogP contribution in [-0.2, 0) is 26.1 Å². The molecule has 8 nitrogen and oxygen atoms in total. The molecule has 0 unspecified atom stereocenters. The fraction of sp³-hybridized carbons (Fsp3) is 0.375. The molecule has 2 aromatic carbocycles. The molecular formula is C24H28N2O6S. The highest BCUT2D eigenvalue weighted by Gasteiger charge is 2.25. The summed E-state index contributed by atoms with van der Waals surface area (Å²) in [4.78, 5) is 12.5. The van der Waals surface area contributed by atoms with Gasteiger partial charge in [-0.15, -0.1) is 0 Å². The Labute approximate surface area is 193 Å². The Kier molecular flexibility index (Phi) is 7.32. The van der Waals surface area contributed by atoms with Gasteiger partial charge < -0.3 is 19.2 Å². The molecule has 1 aromatic heterocycles. The van der Waals surface area contributed by atoms with Crippen molar-refractivity contribution >= 4 is 26.9 Å². The first kappa shape index (κ1) is 23.3. The Bertz CT molecular complexity index is 1170. The number of fused-ring (bicyclic) bond motifs is 1. The summed E-state index contributed by atoms with van der Waals surface area (Å²) in [6, 6.07) is 15.0. The van der Waals surface area contributed by atoms with E-state index < -0.39 is 22.0 Å². The first-order chi connectivity index (χ1) is 15.9. The SMILES string of the molecule is C[C@H](NS(=O)(=O)c1cc2ccccc2o1)C(=O)NCc1cccc(OCC2CCOCC2)c1. The maximum atomic E-state index is 12.6. The average Bonchev–Trinajstić information content (AvgIpc) is 3.27. The molecule has 1 aliphatic heterocycles. The molecule has 0 aliphatic carbocycles. The van der Waals surface area contributed by atoms with Crippen molar-refractivity contribution in [3.8, 4) is 5.75 Å². The minimum Gasteiger partial charge on any atom is -0.493 e. The minimum absolute atomic E-state index is 0.224. The Morgan fingerprint density at radius 1 is 1.12 bits per heavy atom. The monoisotopic (exact) mass is 472 g/mol. The van der Waals surface area contributed by atoms with Gasteiger partial charge >= 0.3 is 0 Å². The summed E-state index contributed by atoms with van der Waals surface area (Å²) in [5.74, 6) is 0.790. The predicted octanol–water partition coefficient (Wildman–Crippen LogP) is 3.22. The van der Waals surface area contributed by atoms with E-state index in [0.717, 1.165) is 37.4 Å². The van der Waals surface area contributed by atoms with E-state index in [1.165, 1.54) is 13.0 Å². The number of nitrogens with one attached hydrogen (secondary N) is 2. The molecule has 2 heterocycles. The van der Waals surface area contributed by atoms with E-state index in [0.29, 0.717) is 23.5 Å². The molecule has 0 bridgehead atoms. The molecule has 1 fully saturated rings. The molecule has 176 valence electrons. The third kappa shape index (κ3) is 6.13. The van der Waals surface area contributed by atoms with Crippen LogP contribution in [0.2, 0.25) is 0 Å². The Morgan fingerprint density at radius 2 is 1.91 bits per heavy atom. The van der Waals surface area contributed by atoms with Crippen LogP contribution in [-0.4, -0.2) is 40.2 Å². The van der Waals surface area contributed by atoms with Crippen molar-refractivity contribution in [3.05, 3.63) is 60.2 Å². The summed E-state index contributed by atoms with van der Waals surface area (Å²) in [6.07, 6.45) is 2.00. The van der Waals surface area contributed by atoms with Crippen molar-refractivity contribution in [3.63, 3.8) is 0 Å². The highest BCUT2D eigenvalue weighted by molar-refractivity contribution is 7.89. The average molecular weight is 473 g/mol. The highest BCUT2D eigenvalue weighted by atomic mass is 32.2. The standard InChI is InChI=1S/C24H28N2O6S/c1-17(26-33(28,29)23-14-20-6-2-3-8-22(20)32-23)24(27)25-15-19-5-4-7-21(13-19)31-16-18-9-11-30-12-10-18/h2-8,13-14,17-18,26H,9-12,15-16H2,1H3,(H,25,27)/t17-/m0/s1. The van der Waals surface area contributed by atoms with Crippen molar-refractivity contribution in [2.75, 3.05) is 19.8 Å². The smallest absolute Gasteiger partial charge is 0.274 e. The number of hydrogen-bond donors (Lipinski definition) is 2. The Morgan fingerprint density at radius 3 is 2.70 bits per heavy atom. The molecule has 1 atom stereocenters. The number of amides is 1. The van der Waals surface area contributed by atoms with Crippen LogP contribution in [0.15, 0.2) is 64.1 Å². The first-order valence-corrected chi connectivity index (χ1v) is 12.5. The van der Waals surface area contributed by atoms with Crippen molar-refractivity contribution in [1.82, 2.24) is 10.0 Å². The summed E-state index contributed by atoms with van der Waals surface area (Å²) >= 11 is 0. The largest absolute Gasteiger partial charge is 0.493 e.